The molecule has 0 saturated carbocycles. The molecule has 1 N–H and O–H groups in total. The van der Waals surface area contributed by atoms with Crippen molar-refractivity contribution in [3.8, 4) is 0 Å². The van der Waals surface area contributed by atoms with Crippen LogP contribution in [0.25, 0.3) is 0 Å². The van der Waals surface area contributed by atoms with Gasteiger partial charge in [0.05, 0.1) is 10.5 Å². The van der Waals surface area contributed by atoms with Crippen LogP contribution >= 0.6 is 11.3 Å². The van der Waals surface area contributed by atoms with Crippen LogP contribution in [0.15, 0.2) is 29.2 Å². The molecule has 0 radical (unpaired) electrons. The normalized spacial score (nSPS) is 12.6. The molecule has 0 spiro atoms. The molecule has 0 aliphatic heterocycles. The number of aromatic nitrogens is 2. The SMILES string of the molecule is CC(C)c1nnc(NS(=O)(=O)c2cccc(C(F)(F)F)c2)s1. The van der Waals surface area contributed by atoms with E-state index in [1.54, 1.807) is 0 Å². The molecule has 0 bridgehead atoms. The summed E-state index contributed by atoms with van der Waals surface area (Å²) in [7, 11) is -4.15. The number of anilines is 1. The van der Waals surface area contributed by atoms with Crippen LogP contribution in [0.5, 0.6) is 0 Å². The van der Waals surface area contributed by atoms with Crippen LogP contribution in [0.3, 0.4) is 0 Å². The van der Waals surface area contributed by atoms with Crippen LogP contribution in [-0.2, 0) is 16.2 Å². The first kappa shape index (κ1) is 16.7. The summed E-state index contributed by atoms with van der Waals surface area (Å²) in [6, 6.07) is 3.51. The van der Waals surface area contributed by atoms with Crippen LogP contribution in [0.4, 0.5) is 18.3 Å². The maximum Gasteiger partial charge on any atom is 0.416 e. The lowest BCUT2D eigenvalue weighted by Crippen LogP contribution is -2.14. The van der Waals surface area contributed by atoms with Crippen LogP contribution < -0.4 is 4.72 Å². The van der Waals surface area contributed by atoms with Gasteiger partial charge in [-0.05, 0) is 18.2 Å². The number of rotatable bonds is 4. The van der Waals surface area contributed by atoms with Crippen molar-refractivity contribution in [2.75, 3.05) is 4.72 Å². The molecule has 0 unspecified atom stereocenters. The second kappa shape index (κ2) is 5.84. The van der Waals surface area contributed by atoms with E-state index >= 15 is 0 Å². The van der Waals surface area contributed by atoms with Crippen molar-refractivity contribution in [3.05, 3.63) is 34.8 Å². The van der Waals surface area contributed by atoms with E-state index in [9.17, 15) is 21.6 Å². The van der Waals surface area contributed by atoms with E-state index in [0.29, 0.717) is 11.1 Å². The third-order valence-corrected chi connectivity index (χ3v) is 5.23. The zero-order valence-corrected chi connectivity index (χ0v) is 13.2. The average molecular weight is 351 g/mol. The molecular formula is C12H12F3N3O2S2. The van der Waals surface area contributed by atoms with E-state index in [1.165, 1.54) is 0 Å². The quantitative estimate of drug-likeness (QED) is 0.915. The van der Waals surface area contributed by atoms with Gasteiger partial charge in [-0.15, -0.1) is 10.2 Å². The molecule has 0 amide bonds. The Balaban J connectivity index is 2.30. The molecule has 1 heterocycles. The van der Waals surface area contributed by atoms with Gasteiger partial charge in [-0.1, -0.05) is 31.3 Å². The Morgan fingerprint density at radius 2 is 1.91 bits per heavy atom. The fourth-order valence-corrected chi connectivity index (χ4v) is 3.54. The second-order valence-corrected chi connectivity index (χ2v) is 7.42. The zero-order valence-electron chi connectivity index (χ0n) is 11.5. The topological polar surface area (TPSA) is 72.0 Å². The summed E-state index contributed by atoms with van der Waals surface area (Å²) in [5, 5.41) is 8.13. The van der Waals surface area contributed by atoms with Gasteiger partial charge in [0.15, 0.2) is 0 Å². The fraction of sp³-hybridized carbons (Fsp3) is 0.333. The third-order valence-electron chi connectivity index (χ3n) is 2.63. The first-order chi connectivity index (χ1) is 10.1. The van der Waals surface area contributed by atoms with Gasteiger partial charge in [-0.2, -0.15) is 13.2 Å². The summed E-state index contributed by atoms with van der Waals surface area (Å²) in [5.74, 6) is 0.0734. The van der Waals surface area contributed by atoms with Gasteiger partial charge in [0.1, 0.15) is 5.01 Å². The molecule has 22 heavy (non-hydrogen) atoms. The van der Waals surface area contributed by atoms with Crippen LogP contribution in [0, 0.1) is 0 Å². The van der Waals surface area contributed by atoms with Crippen molar-refractivity contribution in [3.63, 3.8) is 0 Å². The number of hydrogen-bond acceptors (Lipinski definition) is 5. The smallest absolute Gasteiger partial charge is 0.253 e. The van der Waals surface area contributed by atoms with Crippen molar-refractivity contribution >= 4 is 26.5 Å². The van der Waals surface area contributed by atoms with Gasteiger partial charge in [0.25, 0.3) is 10.0 Å². The summed E-state index contributed by atoms with van der Waals surface area (Å²) in [6.45, 7) is 3.73. The summed E-state index contributed by atoms with van der Waals surface area (Å²) in [6.07, 6.45) is -4.61. The molecule has 0 fully saturated rings. The van der Waals surface area contributed by atoms with E-state index in [0.717, 1.165) is 29.5 Å². The Hall–Kier alpha value is -1.68. The summed E-state index contributed by atoms with van der Waals surface area (Å²) >= 11 is 1.04. The lowest BCUT2D eigenvalue weighted by atomic mass is 10.2. The number of sulfonamides is 1. The molecular weight excluding hydrogens is 339 g/mol. The number of halogens is 3. The Morgan fingerprint density at radius 1 is 1.23 bits per heavy atom. The standard InChI is InChI=1S/C12H12F3N3O2S2/c1-7(2)10-16-17-11(21-10)18-22(19,20)9-5-3-4-8(6-9)12(13,14)15/h3-7H,1-2H3,(H,17,18). The summed E-state index contributed by atoms with van der Waals surface area (Å²) in [5.41, 5.74) is -1.03. The first-order valence-corrected chi connectivity index (χ1v) is 8.43. The number of hydrogen-bond donors (Lipinski definition) is 1. The molecule has 120 valence electrons. The Labute approximate surface area is 129 Å². The Bertz CT molecular complexity index is 770. The molecule has 10 heteroatoms. The average Bonchev–Trinajstić information content (AvgIpc) is 2.86. The molecule has 1 aromatic carbocycles. The lowest BCUT2D eigenvalue weighted by molar-refractivity contribution is -0.137. The van der Waals surface area contributed by atoms with Gasteiger partial charge in [0, 0.05) is 5.92 Å². The number of alkyl halides is 3. The van der Waals surface area contributed by atoms with Crippen LogP contribution in [0.2, 0.25) is 0 Å². The predicted molar refractivity (Wildman–Crippen MR) is 76.3 cm³/mol. The second-order valence-electron chi connectivity index (χ2n) is 4.73. The van der Waals surface area contributed by atoms with Gasteiger partial charge >= 0.3 is 6.18 Å². The lowest BCUT2D eigenvalue weighted by Gasteiger charge is -2.09. The zero-order chi connectivity index (χ0) is 16.5. The third kappa shape index (κ3) is 3.74. The largest absolute Gasteiger partial charge is 0.416 e. The molecule has 2 aromatic rings. The monoisotopic (exact) mass is 351 g/mol. The van der Waals surface area contributed by atoms with Crippen LogP contribution in [0.1, 0.15) is 30.3 Å². The highest BCUT2D eigenvalue weighted by atomic mass is 32.2. The molecule has 0 aliphatic carbocycles. The van der Waals surface area contributed by atoms with E-state index < -0.39 is 26.7 Å². The van der Waals surface area contributed by atoms with E-state index in [-0.39, 0.29) is 11.0 Å². The predicted octanol–water partition coefficient (Wildman–Crippen LogP) is 3.48. The van der Waals surface area contributed by atoms with Gasteiger partial charge < -0.3 is 0 Å². The van der Waals surface area contributed by atoms with E-state index in [1.807, 2.05) is 13.8 Å². The Kier molecular flexibility index (Phi) is 4.43. The maximum absolute atomic E-state index is 12.6. The van der Waals surface area contributed by atoms with Crippen molar-refractivity contribution in [1.29, 1.82) is 0 Å². The molecule has 0 saturated heterocycles. The molecule has 0 atom stereocenters. The van der Waals surface area contributed by atoms with Crippen molar-refractivity contribution in [2.45, 2.75) is 30.8 Å². The Morgan fingerprint density at radius 3 is 2.45 bits per heavy atom. The van der Waals surface area contributed by atoms with Crippen molar-refractivity contribution < 1.29 is 21.6 Å². The minimum atomic E-state index is -4.61. The highest BCUT2D eigenvalue weighted by Gasteiger charge is 2.31. The number of benzene rings is 1. The van der Waals surface area contributed by atoms with Gasteiger partial charge in [-0.25, -0.2) is 8.42 Å². The van der Waals surface area contributed by atoms with Gasteiger partial charge in [0.2, 0.25) is 5.13 Å². The maximum atomic E-state index is 12.6. The number of nitrogens with zero attached hydrogens (tertiary/aromatic N) is 2. The van der Waals surface area contributed by atoms with Crippen molar-refractivity contribution in [2.24, 2.45) is 0 Å². The number of nitrogens with one attached hydrogen (secondary N) is 1. The highest BCUT2D eigenvalue weighted by Crippen LogP contribution is 2.31. The highest BCUT2D eigenvalue weighted by molar-refractivity contribution is 7.93. The van der Waals surface area contributed by atoms with Crippen molar-refractivity contribution in [1.82, 2.24) is 10.2 Å². The molecule has 5 nitrogen and oxygen atoms in total. The summed E-state index contributed by atoms with van der Waals surface area (Å²) < 4.78 is 64.3. The van der Waals surface area contributed by atoms with Gasteiger partial charge in [-0.3, -0.25) is 4.72 Å². The van der Waals surface area contributed by atoms with Crippen LogP contribution in [-0.4, -0.2) is 18.6 Å². The molecule has 0 aliphatic rings. The van der Waals surface area contributed by atoms with E-state index in [4.69, 9.17) is 0 Å². The molecule has 1 aromatic heterocycles. The fourth-order valence-electron chi connectivity index (χ4n) is 1.52. The first-order valence-electron chi connectivity index (χ1n) is 6.13. The molecule has 2 rings (SSSR count). The summed E-state index contributed by atoms with van der Waals surface area (Å²) in [4.78, 5) is -0.483. The minimum Gasteiger partial charge on any atom is -0.253 e. The van der Waals surface area contributed by atoms with E-state index in [2.05, 4.69) is 14.9 Å². The minimum absolute atomic E-state index is 0.0149.